The predicted octanol–water partition coefficient (Wildman–Crippen LogP) is 1.80. The highest BCUT2D eigenvalue weighted by molar-refractivity contribution is 5.88. The van der Waals surface area contributed by atoms with E-state index in [1.165, 1.54) is 5.56 Å². The van der Waals surface area contributed by atoms with Crippen LogP contribution < -0.4 is 10.6 Å². The van der Waals surface area contributed by atoms with Crippen LogP contribution in [-0.2, 0) is 14.9 Å². The second-order valence-electron chi connectivity index (χ2n) is 6.29. The van der Waals surface area contributed by atoms with Crippen LogP contribution in [0.5, 0.6) is 0 Å². The van der Waals surface area contributed by atoms with Gasteiger partial charge in [-0.25, -0.2) is 0 Å². The summed E-state index contributed by atoms with van der Waals surface area (Å²) in [6, 6.07) is 8.39. The van der Waals surface area contributed by atoms with E-state index in [1.54, 1.807) is 0 Å². The second kappa shape index (κ2) is 7.44. The van der Waals surface area contributed by atoms with Crippen molar-refractivity contribution < 1.29 is 9.53 Å². The Morgan fingerprint density at radius 1 is 1.27 bits per heavy atom. The van der Waals surface area contributed by atoms with Gasteiger partial charge < -0.3 is 15.4 Å². The molecule has 0 saturated carbocycles. The molecular formula is C17H25ClN2O2. The largest absolute Gasteiger partial charge is 0.381 e. The van der Waals surface area contributed by atoms with Crippen LogP contribution in [0.25, 0.3) is 0 Å². The van der Waals surface area contributed by atoms with E-state index < -0.39 is 5.41 Å². The van der Waals surface area contributed by atoms with Crippen molar-refractivity contribution in [2.75, 3.05) is 32.8 Å². The fourth-order valence-electron chi connectivity index (χ4n) is 3.14. The van der Waals surface area contributed by atoms with E-state index in [-0.39, 0.29) is 18.3 Å². The maximum absolute atomic E-state index is 12.9. The topological polar surface area (TPSA) is 50.4 Å². The van der Waals surface area contributed by atoms with Crippen molar-refractivity contribution in [1.82, 2.24) is 10.6 Å². The Kier molecular flexibility index (Phi) is 5.84. The molecule has 2 aliphatic heterocycles. The molecule has 2 saturated heterocycles. The van der Waals surface area contributed by atoms with Crippen molar-refractivity contribution in [3.05, 3.63) is 35.4 Å². The zero-order valence-electron chi connectivity index (χ0n) is 13.1. The number of hydrogen-bond donors (Lipinski definition) is 2. The minimum absolute atomic E-state index is 0. The molecule has 0 bridgehead atoms. The number of benzene rings is 1. The van der Waals surface area contributed by atoms with Crippen molar-refractivity contribution in [2.45, 2.75) is 25.2 Å². The van der Waals surface area contributed by atoms with Crippen molar-refractivity contribution in [3.8, 4) is 0 Å². The first-order valence-electron chi connectivity index (χ1n) is 7.85. The van der Waals surface area contributed by atoms with E-state index in [9.17, 15) is 4.79 Å². The molecule has 4 nitrogen and oxygen atoms in total. The zero-order chi connectivity index (χ0) is 14.7. The molecule has 2 N–H and O–H groups in total. The quantitative estimate of drug-likeness (QED) is 0.888. The van der Waals surface area contributed by atoms with E-state index >= 15 is 0 Å². The molecule has 22 heavy (non-hydrogen) atoms. The lowest BCUT2D eigenvalue weighted by Gasteiger charge is -2.37. The summed E-state index contributed by atoms with van der Waals surface area (Å²) in [6.45, 7) is 6.20. The van der Waals surface area contributed by atoms with Gasteiger partial charge in [-0.1, -0.05) is 29.8 Å². The smallest absolute Gasteiger partial charge is 0.230 e. The molecule has 1 amide bonds. The SMILES string of the molecule is Cc1ccc(C2(C(=O)NCC3CNC3)CCOCC2)cc1.Cl. The van der Waals surface area contributed by atoms with Crippen LogP contribution >= 0.6 is 12.4 Å². The highest BCUT2D eigenvalue weighted by Crippen LogP contribution is 2.35. The van der Waals surface area contributed by atoms with Crippen molar-refractivity contribution in [1.29, 1.82) is 0 Å². The average Bonchev–Trinajstić information content (AvgIpc) is 2.47. The summed E-state index contributed by atoms with van der Waals surface area (Å²) in [7, 11) is 0. The number of aryl methyl sites for hydroxylation is 1. The maximum atomic E-state index is 12.9. The summed E-state index contributed by atoms with van der Waals surface area (Å²) in [5, 5.41) is 6.41. The maximum Gasteiger partial charge on any atom is 0.230 e. The monoisotopic (exact) mass is 324 g/mol. The molecule has 1 aromatic carbocycles. The molecular weight excluding hydrogens is 300 g/mol. The van der Waals surface area contributed by atoms with Gasteiger partial charge in [-0.2, -0.15) is 0 Å². The van der Waals surface area contributed by atoms with E-state index in [1.807, 2.05) is 0 Å². The van der Waals surface area contributed by atoms with E-state index in [0.29, 0.717) is 19.1 Å². The van der Waals surface area contributed by atoms with Gasteiger partial charge in [-0.15, -0.1) is 12.4 Å². The molecule has 1 aromatic rings. The van der Waals surface area contributed by atoms with Gasteiger partial charge in [0.25, 0.3) is 0 Å². The first kappa shape index (κ1) is 17.3. The first-order valence-corrected chi connectivity index (χ1v) is 7.85. The summed E-state index contributed by atoms with van der Waals surface area (Å²) < 4.78 is 5.49. The van der Waals surface area contributed by atoms with Gasteiger partial charge in [-0.3, -0.25) is 4.79 Å². The minimum atomic E-state index is -0.414. The third-order valence-electron chi connectivity index (χ3n) is 4.80. The molecule has 3 rings (SSSR count). The summed E-state index contributed by atoms with van der Waals surface area (Å²) in [5.41, 5.74) is 1.94. The lowest BCUT2D eigenvalue weighted by atomic mass is 9.73. The van der Waals surface area contributed by atoms with Crippen LogP contribution in [0.1, 0.15) is 24.0 Å². The van der Waals surface area contributed by atoms with E-state index in [2.05, 4.69) is 41.8 Å². The lowest BCUT2D eigenvalue weighted by Crippen LogP contribution is -2.53. The Morgan fingerprint density at radius 3 is 2.45 bits per heavy atom. The van der Waals surface area contributed by atoms with Gasteiger partial charge >= 0.3 is 0 Å². The van der Waals surface area contributed by atoms with Gasteiger partial charge in [-0.05, 0) is 25.3 Å². The third-order valence-corrected chi connectivity index (χ3v) is 4.80. The molecule has 2 fully saturated rings. The number of carbonyl (C=O) groups is 1. The van der Waals surface area contributed by atoms with Crippen molar-refractivity contribution in [2.24, 2.45) is 5.92 Å². The Bertz CT molecular complexity index is 494. The minimum Gasteiger partial charge on any atom is -0.381 e. The van der Waals surface area contributed by atoms with E-state index in [0.717, 1.165) is 38.0 Å². The van der Waals surface area contributed by atoms with Gasteiger partial charge in [0.15, 0.2) is 0 Å². The van der Waals surface area contributed by atoms with Crippen LogP contribution in [0.4, 0.5) is 0 Å². The number of ether oxygens (including phenoxy) is 1. The molecule has 2 heterocycles. The number of rotatable bonds is 4. The normalized spacial score (nSPS) is 20.6. The molecule has 0 aliphatic carbocycles. The highest BCUT2D eigenvalue weighted by Gasteiger charge is 2.41. The van der Waals surface area contributed by atoms with Crippen molar-refractivity contribution in [3.63, 3.8) is 0 Å². The lowest BCUT2D eigenvalue weighted by molar-refractivity contribution is -0.130. The second-order valence-corrected chi connectivity index (χ2v) is 6.29. The molecule has 0 radical (unpaired) electrons. The molecule has 0 unspecified atom stereocenters. The van der Waals surface area contributed by atoms with Crippen LogP contribution in [0.15, 0.2) is 24.3 Å². The van der Waals surface area contributed by atoms with Crippen LogP contribution in [0, 0.1) is 12.8 Å². The number of nitrogens with one attached hydrogen (secondary N) is 2. The number of amides is 1. The van der Waals surface area contributed by atoms with Gasteiger partial charge in [0.05, 0.1) is 5.41 Å². The summed E-state index contributed by atoms with van der Waals surface area (Å²) in [5.74, 6) is 0.755. The van der Waals surface area contributed by atoms with Gasteiger partial charge in [0.1, 0.15) is 0 Å². The summed E-state index contributed by atoms with van der Waals surface area (Å²) in [6.07, 6.45) is 1.54. The van der Waals surface area contributed by atoms with Crippen LogP contribution in [-0.4, -0.2) is 38.8 Å². The molecule has 0 spiro atoms. The summed E-state index contributed by atoms with van der Waals surface area (Å²) in [4.78, 5) is 12.9. The Balaban J connectivity index is 0.00000176. The predicted molar refractivity (Wildman–Crippen MR) is 89.5 cm³/mol. The Labute approximate surface area is 138 Å². The fraction of sp³-hybridized carbons (Fsp3) is 0.588. The van der Waals surface area contributed by atoms with Crippen LogP contribution in [0.2, 0.25) is 0 Å². The standard InChI is InChI=1S/C17H24N2O2.ClH/c1-13-2-4-15(5-3-13)17(6-8-21-9-7-17)16(20)19-12-14-10-18-11-14;/h2-5,14,18H,6-12H2,1H3,(H,19,20);1H. The molecule has 5 heteroatoms. The fourth-order valence-corrected chi connectivity index (χ4v) is 3.14. The molecule has 2 aliphatic rings. The number of halogens is 1. The van der Waals surface area contributed by atoms with Crippen molar-refractivity contribution >= 4 is 18.3 Å². The van der Waals surface area contributed by atoms with Crippen LogP contribution in [0.3, 0.4) is 0 Å². The number of hydrogen-bond acceptors (Lipinski definition) is 3. The molecule has 122 valence electrons. The molecule has 0 atom stereocenters. The highest BCUT2D eigenvalue weighted by atomic mass is 35.5. The van der Waals surface area contributed by atoms with E-state index in [4.69, 9.17) is 4.74 Å². The third kappa shape index (κ3) is 3.45. The average molecular weight is 325 g/mol. The first-order chi connectivity index (χ1) is 10.2. The van der Waals surface area contributed by atoms with Gasteiger partial charge in [0, 0.05) is 38.8 Å². The molecule has 0 aromatic heterocycles. The number of carbonyl (C=O) groups excluding carboxylic acids is 1. The van der Waals surface area contributed by atoms with Gasteiger partial charge in [0.2, 0.25) is 5.91 Å². The zero-order valence-corrected chi connectivity index (χ0v) is 13.9. The summed E-state index contributed by atoms with van der Waals surface area (Å²) >= 11 is 0. The Morgan fingerprint density at radius 2 is 1.91 bits per heavy atom. The Hall–Kier alpha value is -1.10.